The van der Waals surface area contributed by atoms with Crippen LogP contribution in [0.2, 0.25) is 0 Å². The maximum atomic E-state index is 11.4. The van der Waals surface area contributed by atoms with Gasteiger partial charge >= 0.3 is 6.09 Å². The molecule has 4 nitrogen and oxygen atoms in total. The lowest BCUT2D eigenvalue weighted by Crippen LogP contribution is -2.13. The number of methoxy groups -OCH3 is 1. The number of benzene rings is 1. The Bertz CT molecular complexity index is 718. The fourth-order valence-electron chi connectivity index (χ4n) is 2.46. The summed E-state index contributed by atoms with van der Waals surface area (Å²) >= 11 is 3.33. The Hall–Kier alpha value is -1.66. The molecule has 2 aromatic rings. The number of carbonyl (C=O) groups excluding carboxylic acids is 1. The number of thiophene rings is 1. The third-order valence-electron chi connectivity index (χ3n) is 3.42. The molecule has 6 heteroatoms. The number of thioether (sulfide) groups is 1. The summed E-state index contributed by atoms with van der Waals surface area (Å²) in [6.07, 6.45) is 1.58. The number of carbonyl (C=O) groups is 1. The predicted molar refractivity (Wildman–Crippen MR) is 101 cm³/mol. The summed E-state index contributed by atoms with van der Waals surface area (Å²) in [4.78, 5) is 11.4. The highest BCUT2D eigenvalue weighted by molar-refractivity contribution is 8.00. The third-order valence-corrected chi connectivity index (χ3v) is 5.56. The summed E-state index contributed by atoms with van der Waals surface area (Å²) in [6, 6.07) is 7.67. The minimum atomic E-state index is -0.485. The molecular weight excluding hydrogens is 328 g/mol. The van der Waals surface area contributed by atoms with Crippen molar-refractivity contribution >= 4 is 39.9 Å². The van der Waals surface area contributed by atoms with Crippen molar-refractivity contribution < 1.29 is 9.53 Å². The van der Waals surface area contributed by atoms with Gasteiger partial charge in [-0.1, -0.05) is 32.9 Å². The normalized spacial score (nSPS) is 11.3. The quantitative estimate of drug-likeness (QED) is 0.747. The molecule has 1 aromatic carbocycles. The Kier molecular flexibility index (Phi) is 5.26. The number of hydrogen-bond donors (Lipinski definition) is 2. The molecule has 124 valence electrons. The van der Waals surface area contributed by atoms with Gasteiger partial charge in [0.1, 0.15) is 0 Å². The predicted octanol–water partition coefficient (Wildman–Crippen LogP) is 5.20. The smallest absolute Gasteiger partial charge is 0.411 e. The number of nitrogen functional groups attached to an aromatic ring is 1. The van der Waals surface area contributed by atoms with Crippen LogP contribution in [0.5, 0.6) is 0 Å². The highest BCUT2D eigenvalue weighted by Gasteiger charge is 2.27. The molecule has 0 saturated carbocycles. The Balaban J connectivity index is 2.56. The maximum absolute atomic E-state index is 11.4. The molecule has 0 saturated heterocycles. The largest absolute Gasteiger partial charge is 0.453 e. The van der Waals surface area contributed by atoms with Crippen LogP contribution in [0.1, 0.15) is 26.3 Å². The van der Waals surface area contributed by atoms with Gasteiger partial charge in [-0.25, -0.2) is 4.79 Å². The van der Waals surface area contributed by atoms with Gasteiger partial charge in [0.15, 0.2) is 0 Å². The minimum Gasteiger partial charge on any atom is -0.453 e. The highest BCUT2D eigenvalue weighted by atomic mass is 32.2. The number of hydrogen-bond acceptors (Lipinski definition) is 5. The van der Waals surface area contributed by atoms with Gasteiger partial charge in [-0.05, 0) is 34.9 Å². The van der Waals surface area contributed by atoms with Crippen molar-refractivity contribution in [3.05, 3.63) is 29.8 Å². The van der Waals surface area contributed by atoms with E-state index < -0.39 is 6.09 Å². The van der Waals surface area contributed by atoms with Crippen LogP contribution in [0.25, 0.3) is 11.1 Å². The molecule has 0 unspecified atom stereocenters. The second-order valence-electron chi connectivity index (χ2n) is 6.16. The van der Waals surface area contributed by atoms with Crippen molar-refractivity contribution in [3.8, 4) is 11.1 Å². The first kappa shape index (κ1) is 17.7. The van der Waals surface area contributed by atoms with E-state index in [1.807, 2.05) is 24.3 Å². The average molecular weight is 351 g/mol. The van der Waals surface area contributed by atoms with Gasteiger partial charge in [-0.2, -0.15) is 0 Å². The second kappa shape index (κ2) is 6.84. The molecule has 0 aliphatic rings. The first-order valence-electron chi connectivity index (χ1n) is 7.20. The van der Waals surface area contributed by atoms with Gasteiger partial charge < -0.3 is 10.5 Å². The van der Waals surface area contributed by atoms with Crippen LogP contribution in [0.3, 0.4) is 0 Å². The Morgan fingerprint density at radius 1 is 1.35 bits per heavy atom. The Morgan fingerprint density at radius 2 is 2.04 bits per heavy atom. The van der Waals surface area contributed by atoms with E-state index in [1.54, 1.807) is 23.1 Å². The number of rotatable bonds is 3. The van der Waals surface area contributed by atoms with Gasteiger partial charge in [-0.15, -0.1) is 23.1 Å². The van der Waals surface area contributed by atoms with Gasteiger partial charge in [0, 0.05) is 11.3 Å². The van der Waals surface area contributed by atoms with Crippen molar-refractivity contribution in [1.82, 2.24) is 0 Å². The van der Waals surface area contributed by atoms with Gasteiger partial charge in [-0.3, -0.25) is 5.32 Å². The fraction of sp³-hybridized carbons (Fsp3) is 0.353. The van der Waals surface area contributed by atoms with Gasteiger partial charge in [0.25, 0.3) is 0 Å². The second-order valence-corrected chi connectivity index (χ2v) is 8.28. The average Bonchev–Trinajstić information content (AvgIpc) is 2.84. The monoisotopic (exact) mass is 350 g/mol. The van der Waals surface area contributed by atoms with Crippen molar-refractivity contribution in [2.75, 3.05) is 24.4 Å². The molecule has 2 rings (SSSR count). The molecule has 1 heterocycles. The number of nitrogens with one attached hydrogen (secondary N) is 1. The van der Waals surface area contributed by atoms with E-state index in [2.05, 4.69) is 37.1 Å². The molecule has 0 fully saturated rings. The van der Waals surface area contributed by atoms with E-state index >= 15 is 0 Å². The molecule has 0 atom stereocenters. The first-order valence-corrected chi connectivity index (χ1v) is 9.24. The molecule has 0 bridgehead atoms. The summed E-state index contributed by atoms with van der Waals surface area (Å²) in [5.41, 5.74) is 10.3. The Morgan fingerprint density at radius 3 is 2.61 bits per heavy atom. The third kappa shape index (κ3) is 3.82. The van der Waals surface area contributed by atoms with E-state index in [4.69, 9.17) is 5.73 Å². The zero-order chi connectivity index (χ0) is 17.2. The molecular formula is C17H22N2O2S2. The van der Waals surface area contributed by atoms with E-state index in [0.29, 0.717) is 5.69 Å². The van der Waals surface area contributed by atoms with Gasteiger partial charge in [0.2, 0.25) is 0 Å². The molecule has 0 spiro atoms. The molecule has 3 N–H and O–H groups in total. The van der Waals surface area contributed by atoms with Crippen LogP contribution >= 0.6 is 23.1 Å². The van der Waals surface area contributed by atoms with Gasteiger partial charge in [0.05, 0.1) is 16.3 Å². The van der Waals surface area contributed by atoms with Crippen LogP contribution in [-0.2, 0) is 10.2 Å². The number of ether oxygens (including phenoxy) is 1. The van der Waals surface area contributed by atoms with E-state index in [0.717, 1.165) is 16.1 Å². The Labute approximate surface area is 145 Å². The lowest BCUT2D eigenvalue weighted by atomic mass is 9.84. The number of anilines is 2. The fourth-order valence-corrected chi connectivity index (χ4v) is 4.71. The zero-order valence-electron chi connectivity index (χ0n) is 14.0. The summed E-state index contributed by atoms with van der Waals surface area (Å²) in [7, 11) is 1.35. The van der Waals surface area contributed by atoms with E-state index in [1.165, 1.54) is 16.9 Å². The lowest BCUT2D eigenvalue weighted by Gasteiger charge is -2.22. The zero-order valence-corrected chi connectivity index (χ0v) is 15.7. The molecule has 1 aromatic heterocycles. The van der Waals surface area contributed by atoms with Crippen LogP contribution in [0.4, 0.5) is 15.5 Å². The topological polar surface area (TPSA) is 64.3 Å². The first-order chi connectivity index (χ1) is 10.8. The number of nitrogens with two attached hydrogens (primary N) is 1. The molecule has 1 amide bonds. The SMILES string of the molecule is COC(=O)Nc1cccc(-c2c(N)sc(SC)c2C(C)(C)C)c1. The molecule has 0 aliphatic heterocycles. The summed E-state index contributed by atoms with van der Waals surface area (Å²) < 4.78 is 5.88. The lowest BCUT2D eigenvalue weighted by molar-refractivity contribution is 0.187. The minimum absolute atomic E-state index is 0.0203. The van der Waals surface area contributed by atoms with Crippen molar-refractivity contribution in [2.24, 2.45) is 0 Å². The summed E-state index contributed by atoms with van der Waals surface area (Å²) in [5, 5.41) is 3.50. The van der Waals surface area contributed by atoms with Crippen molar-refractivity contribution in [3.63, 3.8) is 0 Å². The van der Waals surface area contributed by atoms with Crippen LogP contribution in [0, 0.1) is 0 Å². The van der Waals surface area contributed by atoms with E-state index in [-0.39, 0.29) is 5.41 Å². The van der Waals surface area contributed by atoms with Crippen LogP contribution < -0.4 is 11.1 Å². The molecule has 0 radical (unpaired) electrons. The standard InChI is InChI=1S/C17H22N2O2S2/c1-17(2,3)13-12(14(18)23-15(13)22-5)10-7-6-8-11(9-10)19-16(20)21-4/h6-9H,18H2,1-5H3,(H,19,20). The van der Waals surface area contributed by atoms with Crippen LogP contribution in [0.15, 0.2) is 28.5 Å². The maximum Gasteiger partial charge on any atom is 0.411 e. The number of amides is 1. The van der Waals surface area contributed by atoms with E-state index in [9.17, 15) is 4.79 Å². The highest BCUT2D eigenvalue weighted by Crippen LogP contribution is 2.48. The summed E-state index contributed by atoms with van der Waals surface area (Å²) in [5.74, 6) is 0. The van der Waals surface area contributed by atoms with Crippen LogP contribution in [-0.4, -0.2) is 19.5 Å². The summed E-state index contributed by atoms with van der Waals surface area (Å²) in [6.45, 7) is 6.57. The molecule has 23 heavy (non-hydrogen) atoms. The van der Waals surface area contributed by atoms with Crippen molar-refractivity contribution in [1.29, 1.82) is 0 Å². The molecule has 0 aliphatic carbocycles. The van der Waals surface area contributed by atoms with Crippen molar-refractivity contribution in [2.45, 2.75) is 30.4 Å².